The van der Waals surface area contributed by atoms with Gasteiger partial charge in [-0.1, -0.05) is 33.6 Å². The van der Waals surface area contributed by atoms with Gasteiger partial charge in [0.1, 0.15) is 0 Å². The first-order valence-corrected chi connectivity index (χ1v) is 6.97. The molecule has 0 rings (SSSR count). The zero-order valence-electron chi connectivity index (χ0n) is 9.48. The minimum absolute atomic E-state index is 0. The van der Waals surface area contributed by atoms with E-state index in [1.165, 1.54) is 12.8 Å². The molecule has 0 aromatic rings. The molecule has 0 bridgehead atoms. The summed E-state index contributed by atoms with van der Waals surface area (Å²) in [6.45, 7) is 6.41. The second-order valence-corrected chi connectivity index (χ2v) is 7.40. The maximum Gasteiger partial charge on any atom is 1.00 e. The van der Waals surface area contributed by atoms with Crippen LogP contribution in [0.5, 0.6) is 0 Å². The van der Waals surface area contributed by atoms with E-state index in [1.807, 2.05) is 0 Å². The second-order valence-electron chi connectivity index (χ2n) is 3.04. The van der Waals surface area contributed by atoms with Gasteiger partial charge in [-0.05, 0) is 18.1 Å². The van der Waals surface area contributed by atoms with Crippen molar-refractivity contribution in [2.75, 3.05) is 0 Å². The molecule has 0 aliphatic carbocycles. The molecule has 0 spiro atoms. The molecule has 0 fully saturated rings. The zero-order chi connectivity index (χ0) is 8.04. The first-order valence-electron chi connectivity index (χ1n) is 4.41. The fraction of sp³-hybridized carbons (Fsp3) is 1.00. The van der Waals surface area contributed by atoms with Crippen LogP contribution >= 0.6 is 0 Å². The minimum Gasteiger partial charge on any atom is -1.00 e. The molecular formula is C8H21KOSi. The van der Waals surface area contributed by atoms with E-state index in [-0.39, 0.29) is 52.8 Å². The maximum absolute atomic E-state index is 9.90. The number of unbranched alkanes of at least 4 members (excludes halogenated alkanes) is 1. The molecule has 0 aliphatic heterocycles. The topological polar surface area (TPSA) is 20.2 Å². The second kappa shape index (κ2) is 8.41. The quantitative estimate of drug-likeness (QED) is 0.614. The summed E-state index contributed by atoms with van der Waals surface area (Å²) in [5, 5.41) is 0. The number of hydrogen-bond donors (Lipinski definition) is 1. The smallest absolute Gasteiger partial charge is 1.00 e. The van der Waals surface area contributed by atoms with Gasteiger partial charge in [-0.3, -0.25) is 0 Å². The monoisotopic (exact) mass is 200 g/mol. The molecule has 0 aromatic heterocycles. The molecule has 0 saturated heterocycles. The van der Waals surface area contributed by atoms with Gasteiger partial charge < -0.3 is 6.22 Å². The van der Waals surface area contributed by atoms with Crippen LogP contribution < -0.4 is 51.4 Å². The van der Waals surface area contributed by atoms with E-state index in [1.54, 1.807) is 0 Å². The molecule has 0 atom stereocenters. The van der Waals surface area contributed by atoms with Crippen LogP contribution in [0, 0.1) is 0 Å². The fourth-order valence-electron chi connectivity index (χ4n) is 1.11. The average Bonchev–Trinajstić information content (AvgIpc) is 2.00. The van der Waals surface area contributed by atoms with Gasteiger partial charge in [0.2, 0.25) is 0 Å². The zero-order valence-corrected chi connectivity index (χ0v) is 12.6. The Morgan fingerprint density at radius 3 is 1.91 bits per heavy atom. The molecule has 64 valence electrons. The van der Waals surface area contributed by atoms with Crippen molar-refractivity contribution < 1.29 is 57.6 Å². The third-order valence-electron chi connectivity index (χ3n) is 2.31. The van der Waals surface area contributed by atoms with E-state index in [0.717, 1.165) is 18.1 Å². The molecule has 0 unspecified atom stereocenters. The summed E-state index contributed by atoms with van der Waals surface area (Å²) in [6.07, 6.45) is 2.43. The van der Waals surface area contributed by atoms with Crippen LogP contribution in [0.4, 0.5) is 0 Å². The molecule has 11 heavy (non-hydrogen) atoms. The van der Waals surface area contributed by atoms with Crippen LogP contribution in [0.2, 0.25) is 18.1 Å². The van der Waals surface area contributed by atoms with Crippen molar-refractivity contribution >= 4 is 8.32 Å². The minimum atomic E-state index is -1.72. The Labute approximate surface area is 116 Å². The third kappa shape index (κ3) is 6.93. The molecule has 0 radical (unpaired) electrons. The third-order valence-corrected chi connectivity index (χ3v) is 6.23. The predicted octanol–water partition coefficient (Wildman–Crippen LogP) is -0.119. The molecule has 0 heterocycles. The first-order chi connectivity index (χ1) is 4.68. The summed E-state index contributed by atoms with van der Waals surface area (Å²) in [7, 11) is -1.72. The Morgan fingerprint density at radius 1 is 1.18 bits per heavy atom. The van der Waals surface area contributed by atoms with Crippen molar-refractivity contribution in [1.82, 2.24) is 0 Å². The van der Waals surface area contributed by atoms with Gasteiger partial charge >= 0.3 is 51.4 Å². The van der Waals surface area contributed by atoms with Crippen molar-refractivity contribution in [3.63, 3.8) is 0 Å². The van der Waals surface area contributed by atoms with Crippen molar-refractivity contribution in [2.24, 2.45) is 0 Å². The van der Waals surface area contributed by atoms with E-state index in [2.05, 4.69) is 20.8 Å². The van der Waals surface area contributed by atoms with Crippen LogP contribution in [0.1, 0.15) is 35.0 Å². The van der Waals surface area contributed by atoms with Gasteiger partial charge in [0, 0.05) is 0 Å². The van der Waals surface area contributed by atoms with Gasteiger partial charge in [0.25, 0.3) is 0 Å². The van der Waals surface area contributed by atoms with Crippen molar-refractivity contribution in [3.05, 3.63) is 0 Å². The van der Waals surface area contributed by atoms with Gasteiger partial charge in [0.15, 0.2) is 8.32 Å². The summed E-state index contributed by atoms with van der Waals surface area (Å²) < 4.78 is 0. The summed E-state index contributed by atoms with van der Waals surface area (Å²) in [5.41, 5.74) is 0. The Kier molecular flexibility index (Phi) is 11.7. The molecule has 1 nitrogen and oxygen atoms in total. The summed E-state index contributed by atoms with van der Waals surface area (Å²) in [4.78, 5) is 9.90. The SMILES string of the molecule is CCCC[Si](O)(CC)CC.[H-].[K+]. The first kappa shape index (κ1) is 15.3. The number of rotatable bonds is 5. The molecule has 3 heteroatoms. The fourth-order valence-corrected chi connectivity index (χ4v) is 3.33. The maximum atomic E-state index is 9.90. The Balaban J connectivity index is -0.000000405. The van der Waals surface area contributed by atoms with Crippen LogP contribution in [0.15, 0.2) is 0 Å². The van der Waals surface area contributed by atoms with Crippen LogP contribution in [0.3, 0.4) is 0 Å². The van der Waals surface area contributed by atoms with Crippen molar-refractivity contribution in [2.45, 2.75) is 51.7 Å². The van der Waals surface area contributed by atoms with Gasteiger partial charge in [0.05, 0.1) is 0 Å². The molecule has 0 aliphatic rings. The van der Waals surface area contributed by atoms with E-state index in [4.69, 9.17) is 0 Å². The standard InChI is InChI=1S/C8H20OSi.K.H/c1-4-7-8-10(9,5-2)6-3;;/h9H,4-8H2,1-3H3;;/q;+1;-1. The van der Waals surface area contributed by atoms with Crippen molar-refractivity contribution in [1.29, 1.82) is 0 Å². The molecule has 1 N–H and O–H groups in total. The Morgan fingerprint density at radius 2 is 1.64 bits per heavy atom. The molecule has 0 amide bonds. The van der Waals surface area contributed by atoms with E-state index >= 15 is 0 Å². The molecular weight excluding hydrogens is 179 g/mol. The Hall–Kier alpha value is 1.81. The Bertz CT molecular complexity index is 89.1. The largest absolute Gasteiger partial charge is 1.00 e. The van der Waals surface area contributed by atoms with E-state index < -0.39 is 8.32 Å². The predicted molar refractivity (Wildman–Crippen MR) is 49.8 cm³/mol. The van der Waals surface area contributed by atoms with Gasteiger partial charge in [-0.2, -0.15) is 0 Å². The van der Waals surface area contributed by atoms with Crippen LogP contribution in [0.25, 0.3) is 0 Å². The van der Waals surface area contributed by atoms with E-state index in [9.17, 15) is 4.80 Å². The van der Waals surface area contributed by atoms with Gasteiger partial charge in [-0.25, -0.2) is 0 Å². The van der Waals surface area contributed by atoms with Crippen molar-refractivity contribution in [3.8, 4) is 0 Å². The summed E-state index contributed by atoms with van der Waals surface area (Å²) >= 11 is 0. The normalized spacial score (nSPS) is 10.9. The summed E-state index contributed by atoms with van der Waals surface area (Å²) in [6, 6.07) is 3.17. The van der Waals surface area contributed by atoms with Crippen LogP contribution in [-0.4, -0.2) is 13.1 Å². The van der Waals surface area contributed by atoms with Crippen LogP contribution in [-0.2, 0) is 0 Å². The average molecular weight is 200 g/mol. The van der Waals surface area contributed by atoms with E-state index in [0.29, 0.717) is 0 Å². The number of hydrogen-bond acceptors (Lipinski definition) is 1. The summed E-state index contributed by atoms with van der Waals surface area (Å²) in [5.74, 6) is 0. The van der Waals surface area contributed by atoms with Gasteiger partial charge in [-0.15, -0.1) is 0 Å². The molecule has 0 aromatic carbocycles. The molecule has 0 saturated carbocycles.